The molecule has 0 aromatic carbocycles. The van der Waals surface area contributed by atoms with Crippen LogP contribution in [0.4, 0.5) is 0 Å². The summed E-state index contributed by atoms with van der Waals surface area (Å²) in [5, 5.41) is 8.84. The number of nitrogens with one attached hydrogen (secondary N) is 2. The van der Waals surface area contributed by atoms with Crippen LogP contribution in [0.2, 0.25) is 0 Å². The number of hydrogen-bond donors (Lipinski definition) is 2. The molecule has 0 spiro atoms. The Hall–Kier alpha value is -2.00. The van der Waals surface area contributed by atoms with Crippen molar-refractivity contribution in [2.45, 2.75) is 87.8 Å². The van der Waals surface area contributed by atoms with Crippen molar-refractivity contribution >= 4 is 26.8 Å². The van der Waals surface area contributed by atoms with Crippen LogP contribution in [-0.2, 0) is 15.4 Å². The Morgan fingerprint density at radius 2 is 2.00 bits per heavy atom. The second-order valence-corrected chi connectivity index (χ2v) is 11.4. The van der Waals surface area contributed by atoms with Gasteiger partial charge in [0.05, 0.1) is 17.0 Å². The smallest absolute Gasteiger partial charge is 0.214 e. The lowest BCUT2D eigenvalue weighted by molar-refractivity contribution is 0.177. The molecule has 3 aromatic rings. The second-order valence-electron chi connectivity index (χ2n) is 9.48. The van der Waals surface area contributed by atoms with E-state index in [1.54, 1.807) is 6.20 Å². The summed E-state index contributed by atoms with van der Waals surface area (Å²) < 4.78 is 30.7. The van der Waals surface area contributed by atoms with Gasteiger partial charge in [-0.15, -0.1) is 10.2 Å². The van der Waals surface area contributed by atoms with Crippen LogP contribution in [0.1, 0.15) is 77.5 Å². The molecule has 162 valence electrons. The molecule has 0 aliphatic heterocycles. The van der Waals surface area contributed by atoms with Crippen molar-refractivity contribution in [1.29, 1.82) is 0 Å². The third-order valence-electron chi connectivity index (χ3n) is 7.34. The maximum atomic E-state index is 12.7. The van der Waals surface area contributed by atoms with E-state index < -0.39 is 15.6 Å². The Morgan fingerprint density at radius 3 is 2.67 bits per heavy atom. The Labute approximate surface area is 176 Å². The van der Waals surface area contributed by atoms with Crippen LogP contribution in [0, 0.1) is 0 Å². The van der Waals surface area contributed by atoms with Gasteiger partial charge in [0.15, 0.2) is 11.3 Å². The zero-order chi connectivity index (χ0) is 21.0. The number of fused-ring (bicyclic) bond motifs is 3. The molecule has 8 nitrogen and oxygen atoms in total. The fourth-order valence-electron chi connectivity index (χ4n) is 5.27. The molecule has 0 amide bonds. The van der Waals surface area contributed by atoms with Gasteiger partial charge in [-0.1, -0.05) is 19.8 Å². The van der Waals surface area contributed by atoms with Gasteiger partial charge >= 0.3 is 0 Å². The summed E-state index contributed by atoms with van der Waals surface area (Å²) in [6.07, 6.45) is 11.7. The first-order valence-corrected chi connectivity index (χ1v) is 12.6. The van der Waals surface area contributed by atoms with E-state index in [4.69, 9.17) is 0 Å². The van der Waals surface area contributed by atoms with E-state index in [1.165, 1.54) is 0 Å². The Kier molecular flexibility index (Phi) is 4.66. The summed E-state index contributed by atoms with van der Waals surface area (Å²) in [6, 6.07) is 2.02. The molecule has 0 atom stereocenters. The Morgan fingerprint density at radius 1 is 1.23 bits per heavy atom. The zero-order valence-electron chi connectivity index (χ0n) is 17.7. The summed E-state index contributed by atoms with van der Waals surface area (Å²) in [7, 11) is -3.24. The van der Waals surface area contributed by atoms with E-state index in [-0.39, 0.29) is 10.7 Å². The quantitative estimate of drug-likeness (QED) is 0.623. The van der Waals surface area contributed by atoms with E-state index in [2.05, 4.69) is 43.1 Å². The monoisotopic (exact) mass is 430 g/mol. The summed E-state index contributed by atoms with van der Waals surface area (Å²) in [5.41, 5.74) is 2.07. The molecule has 2 aliphatic carbocycles. The number of H-pyrrole nitrogens is 1. The highest BCUT2D eigenvalue weighted by molar-refractivity contribution is 7.90. The van der Waals surface area contributed by atoms with Crippen molar-refractivity contribution < 1.29 is 8.42 Å². The Bertz CT molecular complexity index is 1170. The van der Waals surface area contributed by atoms with E-state index in [0.717, 1.165) is 80.4 Å². The zero-order valence-corrected chi connectivity index (χ0v) is 18.5. The summed E-state index contributed by atoms with van der Waals surface area (Å²) in [5.74, 6) is 0.982. The molecule has 2 saturated carbocycles. The predicted octanol–water partition coefficient (Wildman–Crippen LogP) is 3.45. The van der Waals surface area contributed by atoms with Gasteiger partial charge in [-0.05, 0) is 57.9 Å². The summed E-state index contributed by atoms with van der Waals surface area (Å²) in [6.45, 7) is 4.26. The molecule has 30 heavy (non-hydrogen) atoms. The third-order valence-corrected chi connectivity index (χ3v) is 9.46. The lowest BCUT2D eigenvalue weighted by atomic mass is 9.65. The highest BCUT2D eigenvalue weighted by Gasteiger charge is 2.46. The second kappa shape index (κ2) is 7.02. The van der Waals surface area contributed by atoms with Gasteiger partial charge in [0, 0.05) is 17.2 Å². The van der Waals surface area contributed by atoms with Crippen molar-refractivity contribution in [3.63, 3.8) is 0 Å². The molecule has 2 N–H and O–H groups in total. The van der Waals surface area contributed by atoms with Crippen LogP contribution >= 0.6 is 0 Å². The average Bonchev–Trinajstić information content (AvgIpc) is 3.27. The minimum Gasteiger partial charge on any atom is -0.345 e. The fourth-order valence-corrected chi connectivity index (χ4v) is 7.29. The topological polar surface area (TPSA) is 105 Å². The van der Waals surface area contributed by atoms with Crippen LogP contribution < -0.4 is 4.72 Å². The van der Waals surface area contributed by atoms with Gasteiger partial charge in [-0.3, -0.25) is 4.40 Å². The van der Waals surface area contributed by atoms with E-state index >= 15 is 0 Å². The molecule has 5 rings (SSSR count). The van der Waals surface area contributed by atoms with Crippen LogP contribution in [0.3, 0.4) is 0 Å². The minimum absolute atomic E-state index is 0.110. The van der Waals surface area contributed by atoms with Crippen LogP contribution in [0.25, 0.3) is 16.8 Å². The fraction of sp³-hybridized carbons (Fsp3) is 0.667. The minimum atomic E-state index is -3.24. The molecule has 3 aromatic heterocycles. The van der Waals surface area contributed by atoms with Crippen LogP contribution in [-0.4, -0.2) is 43.8 Å². The first-order valence-electron chi connectivity index (χ1n) is 11.1. The molecule has 0 saturated heterocycles. The lowest BCUT2D eigenvalue weighted by Gasteiger charge is -2.45. The van der Waals surface area contributed by atoms with Gasteiger partial charge in [0.1, 0.15) is 5.82 Å². The largest absolute Gasteiger partial charge is 0.345 e. The maximum Gasteiger partial charge on any atom is 0.214 e. The molecule has 9 heteroatoms. The molecule has 0 bridgehead atoms. The van der Waals surface area contributed by atoms with Gasteiger partial charge in [-0.25, -0.2) is 18.1 Å². The Balaban J connectivity index is 1.47. The standard InChI is InChI=1S/C21H30N6O2S/c1-3-8-21(19-25-24-17-14-23-18-16(27(17)19)7-13-22-18)11-9-20(2,10-12-21)26-30(28,29)15-5-4-6-15/h7,13-15,22,26H,3-6,8-12H2,1-2H3. The van der Waals surface area contributed by atoms with Gasteiger partial charge in [0.2, 0.25) is 10.0 Å². The van der Waals surface area contributed by atoms with Crippen LogP contribution in [0.15, 0.2) is 18.5 Å². The highest BCUT2D eigenvalue weighted by atomic mass is 32.2. The van der Waals surface area contributed by atoms with Gasteiger partial charge < -0.3 is 4.98 Å². The lowest BCUT2D eigenvalue weighted by Crippen LogP contribution is -2.54. The highest BCUT2D eigenvalue weighted by Crippen LogP contribution is 2.46. The normalized spacial score (nSPS) is 28.2. The number of aromatic nitrogens is 5. The third kappa shape index (κ3) is 3.13. The summed E-state index contributed by atoms with van der Waals surface area (Å²) >= 11 is 0. The van der Waals surface area contributed by atoms with E-state index in [0.29, 0.717) is 0 Å². The maximum absolute atomic E-state index is 12.7. The molecular formula is C21H30N6O2S. The molecular weight excluding hydrogens is 400 g/mol. The first-order chi connectivity index (χ1) is 14.4. The average molecular weight is 431 g/mol. The number of hydrogen-bond acceptors (Lipinski definition) is 5. The van der Waals surface area contributed by atoms with Crippen molar-refractivity contribution in [1.82, 2.24) is 29.3 Å². The van der Waals surface area contributed by atoms with Crippen molar-refractivity contribution in [3.8, 4) is 0 Å². The van der Waals surface area contributed by atoms with E-state index in [9.17, 15) is 8.42 Å². The van der Waals surface area contributed by atoms with Crippen molar-refractivity contribution in [2.75, 3.05) is 0 Å². The molecule has 3 heterocycles. The molecule has 2 fully saturated rings. The van der Waals surface area contributed by atoms with Gasteiger partial charge in [-0.2, -0.15) is 0 Å². The SMILES string of the molecule is CCCC1(c2nnc3cnc4[nH]ccc4n23)CCC(C)(NS(=O)(=O)C2CCC2)CC1. The van der Waals surface area contributed by atoms with Crippen molar-refractivity contribution in [3.05, 3.63) is 24.3 Å². The number of aromatic amines is 1. The van der Waals surface area contributed by atoms with Crippen molar-refractivity contribution in [2.24, 2.45) is 0 Å². The summed E-state index contributed by atoms with van der Waals surface area (Å²) in [4.78, 5) is 7.61. The number of sulfonamides is 1. The first kappa shape index (κ1) is 19.9. The van der Waals surface area contributed by atoms with E-state index in [1.807, 2.05) is 12.3 Å². The number of nitrogens with zero attached hydrogens (tertiary/aromatic N) is 4. The predicted molar refractivity (Wildman–Crippen MR) is 116 cm³/mol. The van der Waals surface area contributed by atoms with Gasteiger partial charge in [0.25, 0.3) is 0 Å². The molecule has 0 unspecified atom stereocenters. The number of rotatable bonds is 6. The molecule has 0 radical (unpaired) electrons. The van der Waals surface area contributed by atoms with Crippen LogP contribution in [0.5, 0.6) is 0 Å². The molecule has 2 aliphatic rings.